The molecule has 0 spiro atoms. The summed E-state index contributed by atoms with van der Waals surface area (Å²) in [5.74, 6) is -0.0495. The number of thiocarbonyl (C=S) groups is 1. The molecule has 1 aromatic carbocycles. The van der Waals surface area contributed by atoms with Crippen molar-refractivity contribution < 1.29 is 4.79 Å². The maximum atomic E-state index is 13.0. The Balaban J connectivity index is 1.45. The summed E-state index contributed by atoms with van der Waals surface area (Å²) >= 11 is 5.80. The number of nitrogens with zero attached hydrogens (tertiary/aromatic N) is 6. The SMILES string of the molecule is Cc1ccc(C)c(NC(=O)CCN2C(=S)N[C@@H](c3ccccn3)[C@H]2c2cc(C)n(-n3cnnc3)c2C)c1. The number of aryl methyl sites for hydroxylation is 3. The quantitative estimate of drug-likeness (QED) is 0.360. The standard InChI is InChI=1S/C27H30N8OS/c1-17-8-9-18(2)23(13-17)31-24(36)10-12-34-26(25(32-27(34)37)22-7-5-6-11-28-22)21-14-19(3)35(20(21)4)33-15-29-30-16-33/h5-9,11,13-16,25-26H,10,12H2,1-4H3,(H,31,36)(H,32,37)/t25-,26+/m0/s1. The second-order valence-corrected chi connectivity index (χ2v) is 9.80. The number of anilines is 1. The Morgan fingerprint density at radius 1 is 1.08 bits per heavy atom. The average molecular weight is 515 g/mol. The molecule has 9 nitrogen and oxygen atoms in total. The van der Waals surface area contributed by atoms with Crippen molar-refractivity contribution in [2.45, 2.75) is 46.2 Å². The van der Waals surface area contributed by atoms with Crippen LogP contribution in [-0.2, 0) is 4.79 Å². The summed E-state index contributed by atoms with van der Waals surface area (Å²) < 4.78 is 3.92. The van der Waals surface area contributed by atoms with Gasteiger partial charge < -0.3 is 15.5 Å². The third-order valence-electron chi connectivity index (χ3n) is 6.83. The van der Waals surface area contributed by atoms with Crippen molar-refractivity contribution in [2.24, 2.45) is 0 Å². The minimum Gasteiger partial charge on any atom is -0.352 e. The molecular formula is C27H30N8OS. The second kappa shape index (κ2) is 10.1. The highest BCUT2D eigenvalue weighted by Gasteiger charge is 2.41. The van der Waals surface area contributed by atoms with Gasteiger partial charge in [0.05, 0.1) is 17.8 Å². The summed E-state index contributed by atoms with van der Waals surface area (Å²) in [6.45, 7) is 8.60. The summed E-state index contributed by atoms with van der Waals surface area (Å²) in [5.41, 5.74) is 7.05. The van der Waals surface area contributed by atoms with Gasteiger partial charge in [-0.15, -0.1) is 10.2 Å². The molecule has 2 N–H and O–H groups in total. The van der Waals surface area contributed by atoms with Gasteiger partial charge in [-0.25, -0.2) is 4.68 Å². The van der Waals surface area contributed by atoms with Crippen LogP contribution in [0, 0.1) is 27.7 Å². The fraction of sp³-hybridized carbons (Fsp3) is 0.296. The molecule has 0 saturated carbocycles. The lowest BCUT2D eigenvalue weighted by Crippen LogP contribution is -2.33. The van der Waals surface area contributed by atoms with E-state index in [1.54, 1.807) is 18.9 Å². The third kappa shape index (κ3) is 4.84. The van der Waals surface area contributed by atoms with Gasteiger partial charge in [-0.2, -0.15) is 0 Å². The van der Waals surface area contributed by atoms with Crippen LogP contribution >= 0.6 is 12.2 Å². The lowest BCUT2D eigenvalue weighted by atomic mass is 9.96. The number of amides is 1. The van der Waals surface area contributed by atoms with Gasteiger partial charge in [0.1, 0.15) is 12.7 Å². The fourth-order valence-corrected chi connectivity index (χ4v) is 5.35. The van der Waals surface area contributed by atoms with Crippen molar-refractivity contribution in [2.75, 3.05) is 11.9 Å². The molecule has 1 saturated heterocycles. The van der Waals surface area contributed by atoms with Gasteiger partial charge in [-0.05, 0) is 75.3 Å². The van der Waals surface area contributed by atoms with Crippen LogP contribution in [0.4, 0.5) is 5.69 Å². The number of pyridine rings is 1. The number of aromatic nitrogens is 5. The lowest BCUT2D eigenvalue weighted by Gasteiger charge is -2.28. The molecule has 1 fully saturated rings. The van der Waals surface area contributed by atoms with Crippen molar-refractivity contribution in [1.29, 1.82) is 0 Å². The normalized spacial score (nSPS) is 17.2. The Kier molecular flexibility index (Phi) is 6.75. The van der Waals surface area contributed by atoms with Crippen molar-refractivity contribution in [3.63, 3.8) is 0 Å². The molecule has 1 aliphatic rings. The number of carbonyl (C=O) groups excluding carboxylic acids is 1. The van der Waals surface area contributed by atoms with E-state index >= 15 is 0 Å². The summed E-state index contributed by atoms with van der Waals surface area (Å²) in [7, 11) is 0. The third-order valence-corrected chi connectivity index (χ3v) is 7.19. The van der Waals surface area contributed by atoms with E-state index in [-0.39, 0.29) is 18.0 Å². The van der Waals surface area contributed by atoms with Gasteiger partial charge in [0.15, 0.2) is 5.11 Å². The zero-order valence-electron chi connectivity index (χ0n) is 21.3. The molecular weight excluding hydrogens is 484 g/mol. The Morgan fingerprint density at radius 3 is 2.59 bits per heavy atom. The first-order valence-corrected chi connectivity index (χ1v) is 12.6. The molecule has 0 aliphatic carbocycles. The van der Waals surface area contributed by atoms with Gasteiger partial charge in [0, 0.05) is 41.8 Å². The highest BCUT2D eigenvalue weighted by Crippen LogP contribution is 2.40. The molecule has 5 rings (SSSR count). The zero-order chi connectivity index (χ0) is 26.1. The second-order valence-electron chi connectivity index (χ2n) is 9.42. The molecule has 3 aromatic heterocycles. The maximum Gasteiger partial charge on any atom is 0.226 e. The van der Waals surface area contributed by atoms with Gasteiger partial charge in [-0.1, -0.05) is 18.2 Å². The molecule has 37 heavy (non-hydrogen) atoms. The minimum absolute atomic E-state index is 0.0495. The largest absolute Gasteiger partial charge is 0.352 e. The molecule has 2 atom stereocenters. The van der Waals surface area contributed by atoms with E-state index in [4.69, 9.17) is 12.2 Å². The molecule has 4 aromatic rings. The molecule has 10 heteroatoms. The molecule has 0 radical (unpaired) electrons. The fourth-order valence-electron chi connectivity index (χ4n) is 5.02. The van der Waals surface area contributed by atoms with E-state index in [0.717, 1.165) is 39.5 Å². The predicted octanol–water partition coefficient (Wildman–Crippen LogP) is 4.02. The van der Waals surface area contributed by atoms with Crippen LogP contribution in [0.25, 0.3) is 0 Å². The van der Waals surface area contributed by atoms with E-state index in [0.29, 0.717) is 18.1 Å². The van der Waals surface area contributed by atoms with Crippen molar-refractivity contribution >= 4 is 28.9 Å². The van der Waals surface area contributed by atoms with E-state index in [1.807, 2.05) is 54.9 Å². The smallest absolute Gasteiger partial charge is 0.226 e. The summed E-state index contributed by atoms with van der Waals surface area (Å²) in [6.07, 6.45) is 5.43. The van der Waals surface area contributed by atoms with Gasteiger partial charge in [0.25, 0.3) is 0 Å². The predicted molar refractivity (Wildman–Crippen MR) is 146 cm³/mol. The number of rotatable bonds is 7. The number of nitrogens with one attached hydrogen (secondary N) is 2. The minimum atomic E-state index is -0.161. The van der Waals surface area contributed by atoms with E-state index in [1.165, 1.54) is 0 Å². The summed E-state index contributed by atoms with van der Waals surface area (Å²) in [5, 5.41) is 15.1. The van der Waals surface area contributed by atoms with Gasteiger partial charge in [-0.3, -0.25) is 14.5 Å². The Hall–Kier alpha value is -4.05. The van der Waals surface area contributed by atoms with Gasteiger partial charge >= 0.3 is 0 Å². The molecule has 0 unspecified atom stereocenters. The first-order chi connectivity index (χ1) is 17.8. The number of carbonyl (C=O) groups is 1. The first-order valence-electron chi connectivity index (χ1n) is 12.2. The maximum absolute atomic E-state index is 13.0. The van der Waals surface area contributed by atoms with Crippen LogP contribution in [-0.4, -0.2) is 47.0 Å². The Labute approximate surface area is 221 Å². The van der Waals surface area contributed by atoms with Crippen LogP contribution in [0.2, 0.25) is 0 Å². The highest BCUT2D eigenvalue weighted by atomic mass is 32.1. The topological polar surface area (TPSA) is 92.9 Å². The molecule has 0 bridgehead atoms. The Bertz CT molecular complexity index is 1430. The van der Waals surface area contributed by atoms with Gasteiger partial charge in [0.2, 0.25) is 5.91 Å². The van der Waals surface area contributed by atoms with Crippen molar-refractivity contribution in [3.05, 3.63) is 95.1 Å². The van der Waals surface area contributed by atoms with E-state index in [2.05, 4.69) is 55.3 Å². The average Bonchev–Trinajstić information content (AvgIpc) is 3.58. The van der Waals surface area contributed by atoms with Crippen LogP contribution in [0.5, 0.6) is 0 Å². The first kappa shape index (κ1) is 24.6. The molecule has 4 heterocycles. The Morgan fingerprint density at radius 2 is 1.86 bits per heavy atom. The van der Waals surface area contributed by atoms with E-state index < -0.39 is 0 Å². The number of hydrogen-bond acceptors (Lipinski definition) is 5. The van der Waals surface area contributed by atoms with Crippen molar-refractivity contribution in [3.8, 4) is 0 Å². The van der Waals surface area contributed by atoms with Crippen LogP contribution in [0.3, 0.4) is 0 Å². The highest BCUT2D eigenvalue weighted by molar-refractivity contribution is 7.80. The van der Waals surface area contributed by atoms with Crippen molar-refractivity contribution in [1.82, 2.24) is 34.8 Å². The molecule has 190 valence electrons. The lowest BCUT2D eigenvalue weighted by molar-refractivity contribution is -0.116. The van der Waals surface area contributed by atoms with Crippen LogP contribution in [0.15, 0.2) is 61.3 Å². The van der Waals surface area contributed by atoms with E-state index in [9.17, 15) is 4.79 Å². The van der Waals surface area contributed by atoms with Crippen LogP contribution in [0.1, 0.15) is 52.3 Å². The number of hydrogen-bond donors (Lipinski definition) is 2. The molecule has 1 amide bonds. The molecule has 1 aliphatic heterocycles. The monoisotopic (exact) mass is 514 g/mol. The summed E-state index contributed by atoms with van der Waals surface area (Å²) in [4.78, 5) is 19.7. The summed E-state index contributed by atoms with van der Waals surface area (Å²) in [6, 6.07) is 13.8. The number of benzene rings is 1. The zero-order valence-corrected chi connectivity index (χ0v) is 22.2. The van der Waals surface area contributed by atoms with Crippen LogP contribution < -0.4 is 10.6 Å².